The van der Waals surface area contributed by atoms with Crippen molar-refractivity contribution in [2.24, 2.45) is 0 Å². The van der Waals surface area contributed by atoms with Gasteiger partial charge in [-0.3, -0.25) is 0 Å². The molecule has 1 nitrogen and oxygen atoms in total. The molecule has 0 aromatic heterocycles. The largest absolute Gasteiger partial charge is 0.385 e. The first kappa shape index (κ1) is 10.5. The smallest absolute Gasteiger partial charge is 0.0964 e. The van der Waals surface area contributed by atoms with E-state index in [1.807, 2.05) is 48.5 Å². The Labute approximate surface area is 102 Å². The number of hydrogen-bond donors (Lipinski definition) is 1. The summed E-state index contributed by atoms with van der Waals surface area (Å²) in [5.41, 5.74) is 1.62. The van der Waals surface area contributed by atoms with Gasteiger partial charge in [0.25, 0.3) is 0 Å². The SMILES string of the molecule is OC1(c2ccccc2)CCC1c1ccccc1. The van der Waals surface area contributed by atoms with E-state index < -0.39 is 5.60 Å². The maximum absolute atomic E-state index is 10.8. The van der Waals surface area contributed by atoms with Gasteiger partial charge >= 0.3 is 0 Å². The highest BCUT2D eigenvalue weighted by molar-refractivity contribution is 5.34. The zero-order chi connectivity index (χ0) is 11.7. The maximum Gasteiger partial charge on any atom is 0.0964 e. The molecule has 0 spiro atoms. The van der Waals surface area contributed by atoms with Crippen LogP contribution < -0.4 is 0 Å². The lowest BCUT2D eigenvalue weighted by Crippen LogP contribution is -2.42. The van der Waals surface area contributed by atoms with Crippen molar-refractivity contribution < 1.29 is 5.11 Å². The molecule has 0 radical (unpaired) electrons. The number of hydrogen-bond acceptors (Lipinski definition) is 1. The predicted octanol–water partition coefficient (Wildman–Crippen LogP) is 3.45. The van der Waals surface area contributed by atoms with Crippen LogP contribution >= 0.6 is 0 Å². The van der Waals surface area contributed by atoms with Gasteiger partial charge in [0.2, 0.25) is 0 Å². The number of aliphatic hydroxyl groups is 1. The van der Waals surface area contributed by atoms with E-state index >= 15 is 0 Å². The standard InChI is InChI=1S/C16H16O/c17-16(14-9-5-2-6-10-14)12-11-15(16)13-7-3-1-4-8-13/h1-10,15,17H,11-12H2. The summed E-state index contributed by atoms with van der Waals surface area (Å²) >= 11 is 0. The van der Waals surface area contributed by atoms with E-state index in [0.717, 1.165) is 18.4 Å². The van der Waals surface area contributed by atoms with E-state index in [-0.39, 0.29) is 5.92 Å². The van der Waals surface area contributed by atoms with Gasteiger partial charge in [-0.05, 0) is 24.0 Å². The van der Waals surface area contributed by atoms with Crippen LogP contribution in [0, 0.1) is 0 Å². The molecule has 0 aliphatic heterocycles. The zero-order valence-corrected chi connectivity index (χ0v) is 9.71. The van der Waals surface area contributed by atoms with Crippen molar-refractivity contribution >= 4 is 0 Å². The minimum absolute atomic E-state index is 0.242. The van der Waals surface area contributed by atoms with Crippen molar-refractivity contribution in [1.82, 2.24) is 0 Å². The molecule has 2 aromatic carbocycles. The first-order valence-corrected chi connectivity index (χ1v) is 6.13. The Hall–Kier alpha value is -1.60. The lowest BCUT2D eigenvalue weighted by atomic mass is 9.63. The summed E-state index contributed by atoms with van der Waals surface area (Å²) in [6.45, 7) is 0. The predicted molar refractivity (Wildman–Crippen MR) is 68.8 cm³/mol. The highest BCUT2D eigenvalue weighted by Gasteiger charge is 2.46. The van der Waals surface area contributed by atoms with Gasteiger partial charge in [-0.15, -0.1) is 0 Å². The number of rotatable bonds is 2. The van der Waals surface area contributed by atoms with Crippen molar-refractivity contribution in [1.29, 1.82) is 0 Å². The topological polar surface area (TPSA) is 20.2 Å². The first-order chi connectivity index (χ1) is 8.31. The first-order valence-electron chi connectivity index (χ1n) is 6.13. The third kappa shape index (κ3) is 1.67. The lowest BCUT2D eigenvalue weighted by Gasteiger charge is -2.46. The Morgan fingerprint density at radius 3 is 2.00 bits per heavy atom. The van der Waals surface area contributed by atoms with Crippen LogP contribution in [0.15, 0.2) is 60.7 Å². The molecule has 1 N–H and O–H groups in total. The Morgan fingerprint density at radius 1 is 0.882 bits per heavy atom. The molecular weight excluding hydrogens is 208 g/mol. The summed E-state index contributed by atoms with van der Waals surface area (Å²) in [5, 5.41) is 10.8. The zero-order valence-electron chi connectivity index (χ0n) is 9.71. The van der Waals surface area contributed by atoms with Crippen LogP contribution in [0.2, 0.25) is 0 Å². The minimum Gasteiger partial charge on any atom is -0.385 e. The molecule has 1 saturated carbocycles. The summed E-state index contributed by atoms with van der Waals surface area (Å²) in [5.74, 6) is 0.242. The summed E-state index contributed by atoms with van der Waals surface area (Å²) in [7, 11) is 0. The van der Waals surface area contributed by atoms with Crippen molar-refractivity contribution in [3.63, 3.8) is 0 Å². The Kier molecular flexibility index (Phi) is 2.49. The van der Waals surface area contributed by atoms with Gasteiger partial charge < -0.3 is 5.11 Å². The number of benzene rings is 2. The second kappa shape index (κ2) is 4.01. The normalized spacial score (nSPS) is 27.5. The van der Waals surface area contributed by atoms with Crippen LogP contribution in [-0.4, -0.2) is 5.11 Å². The molecule has 1 aliphatic rings. The van der Waals surface area contributed by atoms with Gasteiger partial charge in [0.15, 0.2) is 0 Å². The minimum atomic E-state index is -0.664. The second-order valence-corrected chi connectivity index (χ2v) is 4.79. The molecule has 2 atom stereocenters. The fourth-order valence-electron chi connectivity index (χ4n) is 2.76. The highest BCUT2D eigenvalue weighted by atomic mass is 16.3. The third-order valence-electron chi connectivity index (χ3n) is 3.87. The van der Waals surface area contributed by atoms with Crippen LogP contribution in [0.4, 0.5) is 0 Å². The molecule has 2 aromatic rings. The van der Waals surface area contributed by atoms with Crippen molar-refractivity contribution in [2.75, 3.05) is 0 Å². The summed E-state index contributed by atoms with van der Waals surface area (Å²) in [6.07, 6.45) is 1.92. The molecule has 17 heavy (non-hydrogen) atoms. The monoisotopic (exact) mass is 224 g/mol. The molecule has 3 rings (SSSR count). The third-order valence-corrected chi connectivity index (χ3v) is 3.87. The Balaban J connectivity index is 1.95. The van der Waals surface area contributed by atoms with Crippen molar-refractivity contribution in [2.45, 2.75) is 24.4 Å². The van der Waals surface area contributed by atoms with Crippen molar-refractivity contribution in [3.8, 4) is 0 Å². The van der Waals surface area contributed by atoms with Gasteiger partial charge in [0.05, 0.1) is 5.60 Å². The van der Waals surface area contributed by atoms with Gasteiger partial charge in [-0.2, -0.15) is 0 Å². The molecule has 2 unspecified atom stereocenters. The summed E-state index contributed by atoms with van der Waals surface area (Å²) < 4.78 is 0. The summed E-state index contributed by atoms with van der Waals surface area (Å²) in [6, 6.07) is 20.3. The van der Waals surface area contributed by atoms with Gasteiger partial charge in [-0.1, -0.05) is 60.7 Å². The second-order valence-electron chi connectivity index (χ2n) is 4.79. The summed E-state index contributed by atoms with van der Waals surface area (Å²) in [4.78, 5) is 0. The van der Waals surface area contributed by atoms with Crippen molar-refractivity contribution in [3.05, 3.63) is 71.8 Å². The Morgan fingerprint density at radius 2 is 1.47 bits per heavy atom. The van der Waals surface area contributed by atoms with E-state index in [0.29, 0.717) is 0 Å². The van der Waals surface area contributed by atoms with Gasteiger partial charge in [0.1, 0.15) is 0 Å². The molecule has 86 valence electrons. The lowest BCUT2D eigenvalue weighted by molar-refractivity contribution is -0.0645. The average molecular weight is 224 g/mol. The van der Waals surface area contributed by atoms with Gasteiger partial charge in [0, 0.05) is 5.92 Å². The van der Waals surface area contributed by atoms with E-state index in [2.05, 4.69) is 12.1 Å². The van der Waals surface area contributed by atoms with Crippen LogP contribution in [0.25, 0.3) is 0 Å². The van der Waals surface area contributed by atoms with Crippen LogP contribution in [-0.2, 0) is 5.60 Å². The van der Waals surface area contributed by atoms with E-state index in [1.54, 1.807) is 0 Å². The average Bonchev–Trinajstić information content (AvgIpc) is 2.39. The van der Waals surface area contributed by atoms with E-state index in [4.69, 9.17) is 0 Å². The van der Waals surface area contributed by atoms with E-state index in [1.165, 1.54) is 5.56 Å². The van der Waals surface area contributed by atoms with Gasteiger partial charge in [-0.25, -0.2) is 0 Å². The highest BCUT2D eigenvalue weighted by Crippen LogP contribution is 2.52. The molecule has 0 heterocycles. The molecule has 0 saturated heterocycles. The fraction of sp³-hybridized carbons (Fsp3) is 0.250. The Bertz CT molecular complexity index is 491. The fourth-order valence-corrected chi connectivity index (χ4v) is 2.76. The molecule has 0 bridgehead atoms. The van der Waals surface area contributed by atoms with Crippen LogP contribution in [0.1, 0.15) is 29.9 Å². The van der Waals surface area contributed by atoms with Crippen LogP contribution in [0.3, 0.4) is 0 Å². The quantitative estimate of drug-likeness (QED) is 0.828. The molecular formula is C16H16O. The van der Waals surface area contributed by atoms with E-state index in [9.17, 15) is 5.11 Å². The molecule has 0 amide bonds. The maximum atomic E-state index is 10.8. The van der Waals surface area contributed by atoms with Crippen LogP contribution in [0.5, 0.6) is 0 Å². The molecule has 1 heteroatoms. The molecule has 1 fully saturated rings. The molecule has 1 aliphatic carbocycles.